The topological polar surface area (TPSA) is 107 Å². The lowest BCUT2D eigenvalue weighted by Gasteiger charge is -2.17. The van der Waals surface area contributed by atoms with Gasteiger partial charge in [0, 0.05) is 11.3 Å². The van der Waals surface area contributed by atoms with Crippen LogP contribution in [0.1, 0.15) is 12.5 Å². The molecule has 0 heterocycles. The molecule has 1 aromatic rings. The Hall–Kier alpha value is -2.83. The van der Waals surface area contributed by atoms with Gasteiger partial charge in [0.15, 0.2) is 0 Å². The first-order chi connectivity index (χ1) is 9.23. The monoisotopic (exact) mass is 278 g/mol. The Balaban J connectivity index is 3.10. The van der Waals surface area contributed by atoms with Gasteiger partial charge in [0.2, 0.25) is 0 Å². The molecule has 0 spiro atoms. The van der Waals surface area contributed by atoms with Gasteiger partial charge < -0.3 is 15.5 Å². The minimum absolute atomic E-state index is 0.0123. The Bertz CT molecular complexity index is 580. The summed E-state index contributed by atoms with van der Waals surface area (Å²) in [5.41, 5.74) is 1.16. The van der Waals surface area contributed by atoms with Crippen LogP contribution in [0.5, 0.6) is 0 Å². The van der Waals surface area contributed by atoms with E-state index in [1.807, 2.05) is 0 Å². The number of rotatable bonds is 3. The predicted molar refractivity (Wildman–Crippen MR) is 73.2 cm³/mol. The highest BCUT2D eigenvalue weighted by Crippen LogP contribution is 2.24. The number of amides is 3. The van der Waals surface area contributed by atoms with Gasteiger partial charge >= 0.3 is 12.2 Å². The average molecular weight is 278 g/mol. The van der Waals surface area contributed by atoms with Gasteiger partial charge in [-0.1, -0.05) is 6.58 Å². The molecule has 1 aromatic carbocycles. The van der Waals surface area contributed by atoms with E-state index >= 15 is 0 Å². The third kappa shape index (κ3) is 3.35. The highest BCUT2D eigenvalue weighted by Gasteiger charge is 2.23. The van der Waals surface area contributed by atoms with Crippen LogP contribution in [-0.4, -0.2) is 28.3 Å². The molecule has 3 N–H and O–H groups in total. The molecule has 0 radical (unpaired) electrons. The zero-order chi connectivity index (χ0) is 15.4. The van der Waals surface area contributed by atoms with Gasteiger partial charge in [-0.3, -0.25) is 4.79 Å². The summed E-state index contributed by atoms with van der Waals surface area (Å²) < 4.78 is 0. The number of nitrogens with zero attached hydrogens (tertiary/aromatic N) is 1. The number of hydrogen-bond acceptors (Lipinski definition) is 3. The molecule has 0 saturated heterocycles. The van der Waals surface area contributed by atoms with Crippen LogP contribution < -0.4 is 10.2 Å². The number of hydrogen-bond donors (Lipinski definition) is 3. The molecule has 20 heavy (non-hydrogen) atoms. The summed E-state index contributed by atoms with van der Waals surface area (Å²) in [5.74, 6) is -0.370. The zero-order valence-corrected chi connectivity index (χ0v) is 11.0. The van der Waals surface area contributed by atoms with Crippen molar-refractivity contribution in [2.75, 3.05) is 10.2 Å². The first-order valence-corrected chi connectivity index (χ1v) is 5.57. The van der Waals surface area contributed by atoms with Crippen LogP contribution in [0.15, 0.2) is 30.4 Å². The zero-order valence-electron chi connectivity index (χ0n) is 11.0. The lowest BCUT2D eigenvalue weighted by atomic mass is 10.1. The summed E-state index contributed by atoms with van der Waals surface area (Å²) in [6.45, 7) is 6.59. The second-order valence-electron chi connectivity index (χ2n) is 4.14. The molecule has 106 valence electrons. The predicted octanol–water partition coefficient (Wildman–Crippen LogP) is 2.67. The second-order valence-corrected chi connectivity index (χ2v) is 4.14. The van der Waals surface area contributed by atoms with Crippen molar-refractivity contribution >= 4 is 29.5 Å². The molecule has 3 amide bonds. The number of aryl methyl sites for hydroxylation is 1. The summed E-state index contributed by atoms with van der Waals surface area (Å²) in [4.78, 5) is 33.5. The van der Waals surface area contributed by atoms with Crippen LogP contribution in [0, 0.1) is 6.92 Å². The van der Waals surface area contributed by atoms with Crippen molar-refractivity contribution in [3.63, 3.8) is 0 Å². The van der Waals surface area contributed by atoms with Crippen molar-refractivity contribution < 1.29 is 24.6 Å². The Kier molecular flexibility index (Phi) is 4.47. The maximum absolute atomic E-state index is 11.4. The van der Waals surface area contributed by atoms with E-state index in [4.69, 9.17) is 10.2 Å². The molecule has 7 nitrogen and oxygen atoms in total. The van der Waals surface area contributed by atoms with E-state index in [0.29, 0.717) is 16.8 Å². The average Bonchev–Trinajstić information content (AvgIpc) is 2.31. The van der Waals surface area contributed by atoms with Crippen molar-refractivity contribution in [3.05, 3.63) is 35.9 Å². The third-order valence-corrected chi connectivity index (χ3v) is 2.47. The summed E-state index contributed by atoms with van der Waals surface area (Å²) >= 11 is 0. The van der Waals surface area contributed by atoms with Crippen molar-refractivity contribution in [2.24, 2.45) is 0 Å². The lowest BCUT2D eigenvalue weighted by Crippen LogP contribution is -2.34. The second kappa shape index (κ2) is 5.87. The van der Waals surface area contributed by atoms with Crippen LogP contribution >= 0.6 is 0 Å². The Morgan fingerprint density at radius 2 is 1.75 bits per heavy atom. The third-order valence-electron chi connectivity index (χ3n) is 2.47. The highest BCUT2D eigenvalue weighted by atomic mass is 16.4. The van der Waals surface area contributed by atoms with E-state index in [-0.39, 0.29) is 16.5 Å². The molecule has 7 heteroatoms. The first-order valence-electron chi connectivity index (χ1n) is 5.57. The standard InChI is InChI=1S/C13H14N2O5/c1-7(2)11(16)14-9-4-5-10(8(3)6-9)15(12(17)18)13(19)20/h4-6H,1H2,2-3H3,(H,14,16)(H,17,18)(H,19,20). The van der Waals surface area contributed by atoms with E-state index in [1.165, 1.54) is 18.2 Å². The van der Waals surface area contributed by atoms with Crippen LogP contribution in [-0.2, 0) is 4.79 Å². The maximum atomic E-state index is 11.4. The molecule has 0 aliphatic rings. The van der Waals surface area contributed by atoms with Gasteiger partial charge in [-0.2, -0.15) is 4.90 Å². The van der Waals surface area contributed by atoms with Gasteiger partial charge in [-0.25, -0.2) is 9.59 Å². The number of benzene rings is 1. The van der Waals surface area contributed by atoms with E-state index in [0.717, 1.165) is 0 Å². The fourth-order valence-electron chi connectivity index (χ4n) is 1.51. The fraction of sp³-hybridized carbons (Fsp3) is 0.154. The number of carboxylic acid groups (broad SMARTS) is 2. The Labute approximate surface area is 115 Å². The van der Waals surface area contributed by atoms with E-state index in [2.05, 4.69) is 11.9 Å². The molecule has 0 saturated carbocycles. The Morgan fingerprint density at radius 1 is 1.20 bits per heavy atom. The van der Waals surface area contributed by atoms with Crippen molar-refractivity contribution in [2.45, 2.75) is 13.8 Å². The molecule has 1 rings (SSSR count). The Morgan fingerprint density at radius 3 is 2.15 bits per heavy atom. The molecule has 0 aromatic heterocycles. The number of carbonyl (C=O) groups excluding carboxylic acids is 1. The van der Waals surface area contributed by atoms with Gasteiger partial charge in [-0.15, -0.1) is 0 Å². The van der Waals surface area contributed by atoms with E-state index in [9.17, 15) is 14.4 Å². The first kappa shape index (κ1) is 15.2. The van der Waals surface area contributed by atoms with Crippen molar-refractivity contribution in [1.82, 2.24) is 0 Å². The fourth-order valence-corrected chi connectivity index (χ4v) is 1.51. The lowest BCUT2D eigenvalue weighted by molar-refractivity contribution is -0.112. The van der Waals surface area contributed by atoms with Crippen LogP contribution in [0.4, 0.5) is 21.0 Å². The van der Waals surface area contributed by atoms with E-state index < -0.39 is 12.2 Å². The summed E-state index contributed by atoms with van der Waals surface area (Å²) in [6, 6.07) is 4.21. The molecule has 0 bridgehead atoms. The molecule has 0 atom stereocenters. The minimum atomic E-state index is -1.60. The van der Waals surface area contributed by atoms with Crippen LogP contribution in [0.25, 0.3) is 0 Å². The van der Waals surface area contributed by atoms with Gasteiger partial charge in [-0.05, 0) is 37.6 Å². The SMILES string of the molecule is C=C(C)C(=O)Nc1ccc(N(C(=O)O)C(=O)O)c(C)c1. The number of imide groups is 1. The maximum Gasteiger partial charge on any atom is 0.421 e. The van der Waals surface area contributed by atoms with Crippen molar-refractivity contribution in [1.29, 1.82) is 0 Å². The van der Waals surface area contributed by atoms with Gasteiger partial charge in [0.25, 0.3) is 5.91 Å². The quantitative estimate of drug-likeness (QED) is 0.737. The molecule has 0 unspecified atom stereocenters. The summed E-state index contributed by atoms with van der Waals surface area (Å²) in [6.07, 6.45) is -3.20. The molecular formula is C13H14N2O5. The molecule has 0 aliphatic heterocycles. The molecule has 0 aliphatic carbocycles. The largest absolute Gasteiger partial charge is 0.464 e. The van der Waals surface area contributed by atoms with E-state index in [1.54, 1.807) is 13.8 Å². The molecule has 0 fully saturated rings. The van der Waals surface area contributed by atoms with Crippen LogP contribution in [0.2, 0.25) is 0 Å². The molecular weight excluding hydrogens is 264 g/mol. The minimum Gasteiger partial charge on any atom is -0.464 e. The van der Waals surface area contributed by atoms with Crippen molar-refractivity contribution in [3.8, 4) is 0 Å². The van der Waals surface area contributed by atoms with Gasteiger partial charge in [0.05, 0.1) is 5.69 Å². The number of nitrogens with one attached hydrogen (secondary N) is 1. The van der Waals surface area contributed by atoms with Gasteiger partial charge in [0.1, 0.15) is 0 Å². The highest BCUT2D eigenvalue weighted by molar-refractivity contribution is 6.08. The number of carbonyl (C=O) groups is 3. The summed E-state index contributed by atoms with van der Waals surface area (Å²) in [7, 11) is 0. The number of anilines is 2. The van der Waals surface area contributed by atoms with Crippen LogP contribution in [0.3, 0.4) is 0 Å². The smallest absolute Gasteiger partial charge is 0.421 e. The normalized spacial score (nSPS) is 9.70. The summed E-state index contributed by atoms with van der Waals surface area (Å²) in [5, 5.41) is 20.3.